The third-order valence-electron chi connectivity index (χ3n) is 4.23. The second kappa shape index (κ2) is 6.86. The lowest BCUT2D eigenvalue weighted by Gasteiger charge is -2.33. The lowest BCUT2D eigenvalue weighted by Crippen LogP contribution is -2.39. The van der Waals surface area contributed by atoms with Gasteiger partial charge in [0.15, 0.2) is 0 Å². The van der Waals surface area contributed by atoms with Gasteiger partial charge in [-0.1, -0.05) is 37.4 Å². The van der Waals surface area contributed by atoms with Crippen LogP contribution in [0, 0.1) is 5.92 Å². The number of nitrogens with zero attached hydrogens (tertiary/aromatic N) is 1. The summed E-state index contributed by atoms with van der Waals surface area (Å²) in [4.78, 5) is 0.156. The van der Waals surface area contributed by atoms with E-state index < -0.39 is 10.0 Å². The molecule has 1 aliphatic carbocycles. The van der Waals surface area contributed by atoms with Crippen molar-refractivity contribution in [3.8, 4) is 0 Å². The van der Waals surface area contributed by atoms with Crippen LogP contribution in [-0.2, 0) is 15.9 Å². The highest BCUT2D eigenvalue weighted by Crippen LogP contribution is 2.32. The van der Waals surface area contributed by atoms with Crippen molar-refractivity contribution in [3.63, 3.8) is 0 Å². The maximum absolute atomic E-state index is 12.8. The summed E-state index contributed by atoms with van der Waals surface area (Å²) in [5, 5.41) is 0.250. The smallest absolute Gasteiger partial charge is 0.207 e. The van der Waals surface area contributed by atoms with Gasteiger partial charge in [0.25, 0.3) is 0 Å². The van der Waals surface area contributed by atoms with Crippen molar-refractivity contribution in [1.29, 1.82) is 0 Å². The van der Waals surface area contributed by atoms with E-state index in [0.717, 1.165) is 24.8 Å². The fourth-order valence-corrected chi connectivity index (χ4v) is 5.00. The molecule has 21 heavy (non-hydrogen) atoms. The van der Waals surface area contributed by atoms with Gasteiger partial charge in [0.05, 0.1) is 5.02 Å². The van der Waals surface area contributed by atoms with Gasteiger partial charge in [0, 0.05) is 19.0 Å². The van der Waals surface area contributed by atoms with Crippen LogP contribution in [-0.4, -0.2) is 25.8 Å². The highest BCUT2D eigenvalue weighted by molar-refractivity contribution is 7.89. The molecule has 1 aromatic carbocycles. The molecule has 0 radical (unpaired) electrons. The molecule has 1 aliphatic rings. The number of alkyl halides is 1. The number of benzene rings is 1. The van der Waals surface area contributed by atoms with E-state index in [1.165, 1.54) is 10.7 Å². The van der Waals surface area contributed by atoms with Crippen molar-refractivity contribution in [2.24, 2.45) is 5.92 Å². The molecule has 0 heterocycles. The third kappa shape index (κ3) is 3.73. The minimum atomic E-state index is -3.58. The van der Waals surface area contributed by atoms with Crippen LogP contribution in [0.15, 0.2) is 23.1 Å². The van der Waals surface area contributed by atoms with Crippen molar-refractivity contribution in [3.05, 3.63) is 28.8 Å². The highest BCUT2D eigenvalue weighted by Gasteiger charge is 2.32. The predicted molar refractivity (Wildman–Crippen MR) is 87.4 cm³/mol. The van der Waals surface area contributed by atoms with Crippen LogP contribution in [0.2, 0.25) is 5.02 Å². The quantitative estimate of drug-likeness (QED) is 0.760. The number of sulfonamides is 1. The Morgan fingerprint density at radius 3 is 2.67 bits per heavy atom. The van der Waals surface area contributed by atoms with E-state index in [0.29, 0.717) is 5.92 Å². The standard InChI is InChI=1S/C15H21Cl2NO2S/c1-11-4-3-5-13(8-11)18(2)21(19,20)15-9-12(10-16)6-7-14(15)17/h6-7,9,11,13H,3-5,8,10H2,1-2H3. The molecule has 118 valence electrons. The molecule has 1 saturated carbocycles. The van der Waals surface area contributed by atoms with Crippen LogP contribution in [0.1, 0.15) is 38.2 Å². The third-order valence-corrected chi connectivity index (χ3v) is 6.93. The summed E-state index contributed by atoms with van der Waals surface area (Å²) in [6.45, 7) is 2.17. The minimum Gasteiger partial charge on any atom is -0.207 e. The van der Waals surface area contributed by atoms with Gasteiger partial charge < -0.3 is 0 Å². The van der Waals surface area contributed by atoms with E-state index in [4.69, 9.17) is 23.2 Å². The first-order chi connectivity index (χ1) is 9.86. The molecule has 2 unspecified atom stereocenters. The summed E-state index contributed by atoms with van der Waals surface area (Å²) in [5.41, 5.74) is 0.755. The van der Waals surface area contributed by atoms with Crippen molar-refractivity contribution in [2.45, 2.75) is 49.4 Å². The summed E-state index contributed by atoms with van der Waals surface area (Å²) in [7, 11) is -1.93. The first-order valence-corrected chi connectivity index (χ1v) is 9.54. The average molecular weight is 350 g/mol. The molecule has 2 atom stereocenters. The van der Waals surface area contributed by atoms with Crippen molar-refractivity contribution < 1.29 is 8.42 Å². The zero-order valence-corrected chi connectivity index (χ0v) is 14.7. The van der Waals surface area contributed by atoms with E-state index in [1.54, 1.807) is 25.2 Å². The average Bonchev–Trinajstić information content (AvgIpc) is 2.46. The Labute approximate surface area is 137 Å². The van der Waals surface area contributed by atoms with Gasteiger partial charge in [-0.05, 0) is 36.5 Å². The van der Waals surface area contributed by atoms with Gasteiger partial charge in [-0.2, -0.15) is 4.31 Å². The lowest BCUT2D eigenvalue weighted by atomic mass is 9.87. The Balaban J connectivity index is 2.32. The molecular formula is C15H21Cl2NO2S. The SMILES string of the molecule is CC1CCCC(N(C)S(=O)(=O)c2cc(CCl)ccc2Cl)C1. The Morgan fingerprint density at radius 1 is 1.33 bits per heavy atom. The van der Waals surface area contributed by atoms with Crippen LogP contribution >= 0.6 is 23.2 Å². The molecule has 0 bridgehead atoms. The molecule has 0 aromatic heterocycles. The van der Waals surface area contributed by atoms with Gasteiger partial charge in [-0.3, -0.25) is 0 Å². The fraction of sp³-hybridized carbons (Fsp3) is 0.600. The molecule has 6 heteroatoms. The summed E-state index contributed by atoms with van der Waals surface area (Å²) < 4.78 is 27.1. The van der Waals surface area contributed by atoms with E-state index >= 15 is 0 Å². The largest absolute Gasteiger partial charge is 0.244 e. The second-order valence-corrected chi connectivity index (χ2v) is 8.49. The fourth-order valence-electron chi connectivity index (χ4n) is 2.91. The molecule has 0 saturated heterocycles. The first kappa shape index (κ1) is 17.1. The Hall–Kier alpha value is -0.290. The van der Waals surface area contributed by atoms with Crippen LogP contribution in [0.3, 0.4) is 0 Å². The highest BCUT2D eigenvalue weighted by atomic mass is 35.5. The van der Waals surface area contributed by atoms with E-state index in [-0.39, 0.29) is 21.8 Å². The van der Waals surface area contributed by atoms with Crippen LogP contribution in [0.5, 0.6) is 0 Å². The van der Waals surface area contributed by atoms with Crippen molar-refractivity contribution in [2.75, 3.05) is 7.05 Å². The summed E-state index contributed by atoms with van der Waals surface area (Å²) in [5.74, 6) is 0.829. The van der Waals surface area contributed by atoms with Crippen molar-refractivity contribution >= 4 is 33.2 Å². The van der Waals surface area contributed by atoms with Gasteiger partial charge in [-0.15, -0.1) is 11.6 Å². The molecule has 0 aliphatic heterocycles. The zero-order chi connectivity index (χ0) is 15.6. The van der Waals surface area contributed by atoms with Gasteiger partial charge in [0.2, 0.25) is 10.0 Å². The monoisotopic (exact) mass is 349 g/mol. The second-order valence-electron chi connectivity index (χ2n) is 5.85. The van der Waals surface area contributed by atoms with E-state index in [2.05, 4.69) is 6.92 Å². The molecule has 0 amide bonds. The molecule has 1 aromatic rings. The summed E-state index contributed by atoms with van der Waals surface area (Å²) in [6.07, 6.45) is 4.06. The predicted octanol–water partition coefficient (Wildman–Crippen LogP) is 4.28. The zero-order valence-electron chi connectivity index (χ0n) is 12.4. The molecule has 2 rings (SSSR count). The minimum absolute atomic E-state index is 0.0504. The van der Waals surface area contributed by atoms with E-state index in [1.807, 2.05) is 0 Å². The normalized spacial score (nSPS) is 23.5. The number of hydrogen-bond donors (Lipinski definition) is 0. The van der Waals surface area contributed by atoms with E-state index in [9.17, 15) is 8.42 Å². The van der Waals surface area contributed by atoms with Crippen LogP contribution in [0.4, 0.5) is 0 Å². The number of rotatable bonds is 4. The van der Waals surface area contributed by atoms with Gasteiger partial charge in [0.1, 0.15) is 4.90 Å². The molecule has 1 fully saturated rings. The number of hydrogen-bond acceptors (Lipinski definition) is 2. The molecule has 0 spiro atoms. The Morgan fingerprint density at radius 2 is 2.05 bits per heavy atom. The topological polar surface area (TPSA) is 37.4 Å². The molecular weight excluding hydrogens is 329 g/mol. The molecule has 0 N–H and O–H groups in total. The van der Waals surface area contributed by atoms with Gasteiger partial charge >= 0.3 is 0 Å². The van der Waals surface area contributed by atoms with Crippen LogP contribution in [0.25, 0.3) is 0 Å². The summed E-state index contributed by atoms with van der Waals surface area (Å²) >= 11 is 11.9. The molecule has 3 nitrogen and oxygen atoms in total. The van der Waals surface area contributed by atoms with Crippen LogP contribution < -0.4 is 0 Å². The maximum atomic E-state index is 12.8. The Kier molecular flexibility index (Phi) is 5.58. The summed E-state index contributed by atoms with van der Waals surface area (Å²) in [6, 6.07) is 4.97. The maximum Gasteiger partial charge on any atom is 0.244 e. The van der Waals surface area contributed by atoms with Gasteiger partial charge in [-0.25, -0.2) is 8.42 Å². The first-order valence-electron chi connectivity index (χ1n) is 7.18. The Bertz CT molecular complexity index is 604. The number of halogens is 2. The lowest BCUT2D eigenvalue weighted by molar-refractivity contribution is 0.239. The van der Waals surface area contributed by atoms with Crippen molar-refractivity contribution in [1.82, 2.24) is 4.31 Å².